The van der Waals surface area contributed by atoms with E-state index in [1.165, 1.54) is 12.1 Å². The number of fused-ring (bicyclic) bond motifs is 1. The van der Waals surface area contributed by atoms with Crippen LogP contribution in [0.4, 0.5) is 27.6 Å². The van der Waals surface area contributed by atoms with Crippen molar-refractivity contribution in [2.24, 2.45) is 5.41 Å². The monoisotopic (exact) mass is 989 g/mol. The predicted molar refractivity (Wildman–Crippen MR) is 252 cm³/mol. The lowest BCUT2D eigenvalue weighted by atomic mass is 9.85. The highest BCUT2D eigenvalue weighted by molar-refractivity contribution is 6.00. The van der Waals surface area contributed by atoms with E-state index in [1.54, 1.807) is 77.2 Å². The topological polar surface area (TPSA) is 196 Å². The Bertz CT molecular complexity index is 2620. The molecule has 1 saturated heterocycles. The number of nitrogens with one attached hydrogen (secondary N) is 6. The molecule has 0 saturated carbocycles. The second kappa shape index (κ2) is 23.2. The van der Waals surface area contributed by atoms with Crippen LogP contribution in [-0.2, 0) is 48.0 Å². The first-order chi connectivity index (χ1) is 33.6. The van der Waals surface area contributed by atoms with Crippen molar-refractivity contribution < 1.29 is 60.2 Å². The first-order valence-electron chi connectivity index (χ1n) is 22.8. The van der Waals surface area contributed by atoms with Crippen LogP contribution in [0.15, 0.2) is 91.0 Å². The lowest BCUT2D eigenvalue weighted by Crippen LogP contribution is -2.59. The number of halogens is 5. The van der Waals surface area contributed by atoms with Crippen LogP contribution in [0.25, 0.3) is 6.08 Å². The van der Waals surface area contributed by atoms with E-state index in [4.69, 9.17) is 9.47 Å². The summed E-state index contributed by atoms with van der Waals surface area (Å²) in [6.07, 6.45) is -0.855. The van der Waals surface area contributed by atoms with Gasteiger partial charge in [0, 0.05) is 37.7 Å². The maximum absolute atomic E-state index is 14.6. The number of para-hydroxylation sites is 1. The van der Waals surface area contributed by atoms with Gasteiger partial charge in [0.1, 0.15) is 54.5 Å². The van der Waals surface area contributed by atoms with Crippen molar-refractivity contribution in [3.05, 3.63) is 136 Å². The molecule has 1 aliphatic carbocycles. The number of anilines is 1. The van der Waals surface area contributed by atoms with Gasteiger partial charge in [-0.2, -0.15) is 13.2 Å². The van der Waals surface area contributed by atoms with E-state index >= 15 is 0 Å². The molecule has 1 fully saturated rings. The van der Waals surface area contributed by atoms with Gasteiger partial charge in [-0.25, -0.2) is 8.78 Å². The summed E-state index contributed by atoms with van der Waals surface area (Å²) in [5.74, 6) is -5.39. The summed E-state index contributed by atoms with van der Waals surface area (Å²) in [5.41, 5.74) is 1.03. The second-order valence-corrected chi connectivity index (χ2v) is 18.3. The Morgan fingerprint density at radius 3 is 2.11 bits per heavy atom. The largest absolute Gasteiger partial charge is 0.485 e. The Morgan fingerprint density at radius 2 is 1.46 bits per heavy atom. The molecule has 1 unspecified atom stereocenters. The maximum atomic E-state index is 14.6. The van der Waals surface area contributed by atoms with Gasteiger partial charge in [-0.15, -0.1) is 0 Å². The van der Waals surface area contributed by atoms with Crippen LogP contribution >= 0.6 is 0 Å². The number of carbonyl (C=O) groups excluding carboxylic acids is 6. The molecular formula is C51H56F5N7O8. The van der Waals surface area contributed by atoms with Crippen LogP contribution in [0.5, 0.6) is 5.75 Å². The Kier molecular flexibility index (Phi) is 17.3. The minimum Gasteiger partial charge on any atom is -0.485 e. The number of hydrogen-bond donors (Lipinski definition) is 6. The number of amides is 6. The number of alkyl halides is 3. The molecule has 4 aromatic rings. The van der Waals surface area contributed by atoms with Crippen molar-refractivity contribution in [2.45, 2.75) is 90.1 Å². The fourth-order valence-corrected chi connectivity index (χ4v) is 7.96. The fraction of sp³-hybridized carbons (Fsp3) is 0.373. The maximum Gasteiger partial charge on any atom is 0.416 e. The summed E-state index contributed by atoms with van der Waals surface area (Å²) in [5, 5.41) is 16.1. The van der Waals surface area contributed by atoms with E-state index in [-0.39, 0.29) is 37.7 Å². The molecule has 0 spiro atoms. The third-order valence-electron chi connectivity index (χ3n) is 11.9. The molecule has 378 valence electrons. The number of likely N-dealkylation sites (N-methyl/N-ethyl adjacent to an activating group) is 1. The molecule has 20 heteroatoms. The van der Waals surface area contributed by atoms with Gasteiger partial charge in [-0.1, -0.05) is 69.3 Å². The SMILES string of the molecule is CN[C@@H](C)C(=O)N[C@H](C(=O)N1C[C@@H](NC(=O)COCC(=O)NCc2cccc(CNC(=O)c3ccc4c(c3)C=CCC4Oc3ccc(C(F)(F)F)cc3)c2)C[C@H]1C(=O)Nc1c(F)cccc1F)C(C)(C)C. The average molecular weight is 990 g/mol. The van der Waals surface area contributed by atoms with Crippen LogP contribution in [0, 0.1) is 17.0 Å². The van der Waals surface area contributed by atoms with Crippen molar-refractivity contribution in [1.29, 1.82) is 0 Å². The third-order valence-corrected chi connectivity index (χ3v) is 11.9. The lowest BCUT2D eigenvalue weighted by Gasteiger charge is -2.36. The quantitative estimate of drug-likeness (QED) is 0.0654. The zero-order valence-electron chi connectivity index (χ0n) is 39.7. The molecule has 71 heavy (non-hydrogen) atoms. The van der Waals surface area contributed by atoms with Crippen LogP contribution in [-0.4, -0.2) is 91.3 Å². The normalized spacial score (nSPS) is 17.3. The van der Waals surface area contributed by atoms with Crippen molar-refractivity contribution >= 4 is 47.2 Å². The number of hydrogen-bond acceptors (Lipinski definition) is 9. The molecule has 0 aromatic heterocycles. The van der Waals surface area contributed by atoms with Gasteiger partial charge in [0.15, 0.2) is 0 Å². The minimum absolute atomic E-state index is 0.0963. The Morgan fingerprint density at radius 1 is 0.817 bits per heavy atom. The van der Waals surface area contributed by atoms with E-state index in [0.717, 1.165) is 51.9 Å². The van der Waals surface area contributed by atoms with Crippen molar-refractivity contribution in [3.63, 3.8) is 0 Å². The summed E-state index contributed by atoms with van der Waals surface area (Å²) < 4.78 is 79.5. The fourth-order valence-electron chi connectivity index (χ4n) is 7.96. The van der Waals surface area contributed by atoms with Gasteiger partial charge in [0.2, 0.25) is 29.5 Å². The summed E-state index contributed by atoms with van der Waals surface area (Å²) in [7, 11) is 1.57. The van der Waals surface area contributed by atoms with Crippen LogP contribution < -0.4 is 36.6 Å². The molecule has 6 rings (SSSR count). The van der Waals surface area contributed by atoms with Gasteiger partial charge in [0.25, 0.3) is 5.91 Å². The summed E-state index contributed by atoms with van der Waals surface area (Å²) in [4.78, 5) is 80.8. The van der Waals surface area contributed by atoms with Crippen LogP contribution in [0.3, 0.4) is 0 Å². The summed E-state index contributed by atoms with van der Waals surface area (Å²) in [6, 6.07) is 15.8. The van der Waals surface area contributed by atoms with E-state index in [1.807, 2.05) is 12.2 Å². The van der Waals surface area contributed by atoms with Crippen molar-refractivity contribution in [3.8, 4) is 5.75 Å². The molecule has 2 aliphatic rings. The Hall–Kier alpha value is -7.19. The first kappa shape index (κ1) is 53.2. The number of likely N-dealkylation sites (tertiary alicyclic amines) is 1. The van der Waals surface area contributed by atoms with Crippen LogP contribution in [0.1, 0.15) is 84.8 Å². The van der Waals surface area contributed by atoms with E-state index < -0.39 is 107 Å². The molecule has 4 aromatic carbocycles. The molecule has 0 radical (unpaired) electrons. The molecule has 15 nitrogen and oxygen atoms in total. The summed E-state index contributed by atoms with van der Waals surface area (Å²) >= 11 is 0. The van der Waals surface area contributed by atoms with Gasteiger partial charge in [-0.3, -0.25) is 28.8 Å². The third kappa shape index (κ3) is 14.2. The highest BCUT2D eigenvalue weighted by Gasteiger charge is 2.46. The molecule has 5 atom stereocenters. The molecule has 1 heterocycles. The predicted octanol–water partition coefficient (Wildman–Crippen LogP) is 5.95. The highest BCUT2D eigenvalue weighted by Crippen LogP contribution is 2.35. The molecule has 1 aliphatic heterocycles. The van der Waals surface area contributed by atoms with Crippen molar-refractivity contribution in [1.82, 2.24) is 31.5 Å². The van der Waals surface area contributed by atoms with Gasteiger partial charge in [-0.05, 0) is 96.6 Å². The van der Waals surface area contributed by atoms with E-state index in [0.29, 0.717) is 17.5 Å². The number of benzene rings is 4. The smallest absolute Gasteiger partial charge is 0.416 e. The average Bonchev–Trinajstić information content (AvgIpc) is 3.75. The molecular weight excluding hydrogens is 934 g/mol. The van der Waals surface area contributed by atoms with E-state index in [2.05, 4.69) is 31.9 Å². The summed E-state index contributed by atoms with van der Waals surface area (Å²) in [6.45, 7) is 5.77. The number of ether oxygens (including phenoxy) is 2. The number of carbonyl (C=O) groups is 6. The number of nitrogens with zero attached hydrogens (tertiary/aromatic N) is 1. The first-order valence-corrected chi connectivity index (χ1v) is 22.8. The zero-order valence-corrected chi connectivity index (χ0v) is 39.7. The minimum atomic E-state index is -4.46. The van der Waals surface area contributed by atoms with Crippen LogP contribution in [0.2, 0.25) is 0 Å². The van der Waals surface area contributed by atoms with Gasteiger partial charge < -0.3 is 46.3 Å². The number of rotatable bonds is 18. The zero-order chi connectivity index (χ0) is 51.6. The molecule has 6 amide bonds. The highest BCUT2D eigenvalue weighted by atomic mass is 19.4. The van der Waals surface area contributed by atoms with Gasteiger partial charge >= 0.3 is 6.18 Å². The second-order valence-electron chi connectivity index (χ2n) is 18.3. The lowest BCUT2D eigenvalue weighted by molar-refractivity contribution is -0.143. The Balaban J connectivity index is 0.974. The van der Waals surface area contributed by atoms with E-state index in [9.17, 15) is 50.7 Å². The van der Waals surface area contributed by atoms with Crippen molar-refractivity contribution in [2.75, 3.05) is 32.1 Å². The Labute approximate surface area is 407 Å². The standard InChI is InChI=1S/C51H56F5N7O8/c1-29(57-5)46(66)62-45(50(2,3)4)49(69)63-26-35(23-40(63)48(68)61-44-38(52)12-8-13-39(44)53)60-43(65)28-70-27-42(64)58-24-30-9-6-10-31(21-30)25-59-47(67)33-15-20-37-32(22-33)11-7-14-41(37)71-36-18-16-34(17-19-36)51(54,55)56/h6-13,15-22,29,35,40-41,45,57H,14,23-28H2,1-5H3,(H,58,64)(H,59,67)(H,60,65)(H,61,68)(H,62,66)/t29-,35-,40-,41?,45+/m0/s1. The molecule has 6 N–H and O–H groups in total. The van der Waals surface area contributed by atoms with Gasteiger partial charge in [0.05, 0.1) is 11.6 Å². The molecule has 0 bridgehead atoms.